The van der Waals surface area contributed by atoms with Gasteiger partial charge in [-0.25, -0.2) is 4.98 Å². The molecule has 33 heavy (non-hydrogen) atoms. The highest BCUT2D eigenvalue weighted by Gasteiger charge is 2.26. The fraction of sp³-hybridized carbons (Fsp3) is 0.192. The Bertz CT molecular complexity index is 1280. The van der Waals surface area contributed by atoms with Crippen LogP contribution in [0.5, 0.6) is 0 Å². The van der Waals surface area contributed by atoms with Crippen molar-refractivity contribution in [2.45, 2.75) is 6.54 Å². The van der Waals surface area contributed by atoms with Gasteiger partial charge < -0.3 is 15.1 Å². The Labute approximate surface area is 196 Å². The first-order valence-electron chi connectivity index (χ1n) is 11.0. The summed E-state index contributed by atoms with van der Waals surface area (Å²) in [6.45, 7) is 2.90. The van der Waals surface area contributed by atoms with Crippen LogP contribution < -0.4 is 10.2 Å². The quantitative estimate of drug-likeness (QED) is 0.489. The summed E-state index contributed by atoms with van der Waals surface area (Å²) in [5.74, 6) is 0.570. The van der Waals surface area contributed by atoms with E-state index in [1.807, 2.05) is 64.9 Å². The summed E-state index contributed by atoms with van der Waals surface area (Å²) in [5, 5.41) is 7.02. The predicted octanol–water partition coefficient (Wildman–Crippen LogP) is 4.19. The SMILES string of the molecule is O=C(NCc1cccs1)c1cccnc1N1CCN(C(=O)c2cccc3ccccc23)CC1. The molecule has 0 unspecified atom stereocenters. The van der Waals surface area contributed by atoms with Crippen molar-refractivity contribution in [2.75, 3.05) is 31.1 Å². The highest BCUT2D eigenvalue weighted by Crippen LogP contribution is 2.23. The maximum atomic E-state index is 13.3. The maximum Gasteiger partial charge on any atom is 0.255 e. The van der Waals surface area contributed by atoms with Gasteiger partial charge in [0.2, 0.25) is 0 Å². The topological polar surface area (TPSA) is 65.5 Å². The van der Waals surface area contributed by atoms with Crippen LogP contribution in [0.1, 0.15) is 25.6 Å². The molecule has 0 saturated carbocycles. The van der Waals surface area contributed by atoms with E-state index < -0.39 is 0 Å². The molecule has 0 radical (unpaired) electrons. The molecule has 1 aliphatic heterocycles. The lowest BCUT2D eigenvalue weighted by molar-refractivity contribution is 0.0747. The van der Waals surface area contributed by atoms with E-state index in [2.05, 4.69) is 15.2 Å². The van der Waals surface area contributed by atoms with Crippen molar-refractivity contribution in [3.63, 3.8) is 0 Å². The van der Waals surface area contributed by atoms with Crippen molar-refractivity contribution in [1.82, 2.24) is 15.2 Å². The Morgan fingerprint density at radius 2 is 1.67 bits per heavy atom. The average Bonchev–Trinajstić information content (AvgIpc) is 3.40. The summed E-state index contributed by atoms with van der Waals surface area (Å²) in [5.41, 5.74) is 1.29. The Kier molecular flexibility index (Phi) is 6.04. The predicted molar refractivity (Wildman–Crippen MR) is 132 cm³/mol. The van der Waals surface area contributed by atoms with E-state index in [-0.39, 0.29) is 11.8 Å². The number of pyridine rings is 1. The van der Waals surface area contributed by atoms with Crippen molar-refractivity contribution in [2.24, 2.45) is 0 Å². The Hall–Kier alpha value is -3.71. The number of amides is 2. The van der Waals surface area contributed by atoms with Gasteiger partial charge in [-0.1, -0.05) is 42.5 Å². The van der Waals surface area contributed by atoms with Crippen LogP contribution in [0.15, 0.2) is 78.3 Å². The van der Waals surface area contributed by atoms with Crippen LogP contribution in [0, 0.1) is 0 Å². The van der Waals surface area contributed by atoms with Crippen molar-refractivity contribution >= 4 is 39.7 Å². The van der Waals surface area contributed by atoms with Gasteiger partial charge in [0.25, 0.3) is 11.8 Å². The number of benzene rings is 2. The second-order valence-electron chi connectivity index (χ2n) is 7.94. The van der Waals surface area contributed by atoms with E-state index >= 15 is 0 Å². The van der Waals surface area contributed by atoms with E-state index in [9.17, 15) is 9.59 Å². The third kappa shape index (κ3) is 4.45. The molecule has 0 spiro atoms. The zero-order valence-electron chi connectivity index (χ0n) is 18.1. The van der Waals surface area contributed by atoms with Crippen LogP contribution in [0.25, 0.3) is 10.8 Å². The number of carbonyl (C=O) groups excluding carboxylic acids is 2. The fourth-order valence-electron chi connectivity index (χ4n) is 4.21. The number of nitrogens with zero attached hydrogens (tertiary/aromatic N) is 3. The summed E-state index contributed by atoms with van der Waals surface area (Å²) in [6.07, 6.45) is 1.71. The first-order chi connectivity index (χ1) is 16.2. The molecule has 2 amide bonds. The molecule has 2 aromatic carbocycles. The van der Waals surface area contributed by atoms with Crippen molar-refractivity contribution in [3.05, 3.63) is 94.3 Å². The summed E-state index contributed by atoms with van der Waals surface area (Å²) in [6, 6.07) is 21.4. The second-order valence-corrected chi connectivity index (χ2v) is 8.97. The van der Waals surface area contributed by atoms with Crippen LogP contribution >= 0.6 is 11.3 Å². The number of aromatic nitrogens is 1. The van der Waals surface area contributed by atoms with Crippen LogP contribution in [0.2, 0.25) is 0 Å². The standard InChI is InChI=1S/C26H24N4O2S/c31-25(28-18-20-8-5-17-33-20)23-11-4-12-27-24(23)29-13-15-30(16-14-29)26(32)22-10-3-7-19-6-1-2-9-21(19)22/h1-12,17H,13-16,18H2,(H,28,31). The van der Waals surface area contributed by atoms with Crippen molar-refractivity contribution < 1.29 is 9.59 Å². The summed E-state index contributed by atoms with van der Waals surface area (Å²) >= 11 is 1.62. The highest BCUT2D eigenvalue weighted by molar-refractivity contribution is 7.09. The number of fused-ring (bicyclic) bond motifs is 1. The Morgan fingerprint density at radius 1 is 0.879 bits per heavy atom. The largest absolute Gasteiger partial charge is 0.352 e. The Balaban J connectivity index is 1.27. The number of rotatable bonds is 5. The minimum absolute atomic E-state index is 0.0429. The first-order valence-corrected chi connectivity index (χ1v) is 11.9. The minimum atomic E-state index is -0.138. The maximum absolute atomic E-state index is 13.3. The zero-order chi connectivity index (χ0) is 22.6. The van der Waals surface area contributed by atoms with Crippen molar-refractivity contribution in [3.8, 4) is 0 Å². The van der Waals surface area contributed by atoms with Gasteiger partial charge in [-0.3, -0.25) is 9.59 Å². The van der Waals surface area contributed by atoms with Crippen LogP contribution in [-0.2, 0) is 6.54 Å². The molecule has 5 rings (SSSR count). The monoisotopic (exact) mass is 456 g/mol. The first kappa shape index (κ1) is 21.2. The Morgan fingerprint density at radius 3 is 2.48 bits per heavy atom. The fourth-order valence-corrected chi connectivity index (χ4v) is 4.85. The van der Waals surface area contributed by atoms with Crippen molar-refractivity contribution in [1.29, 1.82) is 0 Å². The summed E-state index contributed by atoms with van der Waals surface area (Å²) in [4.78, 5) is 35.7. The molecular formula is C26H24N4O2S. The molecule has 1 fully saturated rings. The minimum Gasteiger partial charge on any atom is -0.352 e. The molecule has 1 aliphatic rings. The van der Waals surface area contributed by atoms with Gasteiger partial charge in [0.1, 0.15) is 5.82 Å². The van der Waals surface area contributed by atoms with Gasteiger partial charge in [0.15, 0.2) is 0 Å². The van der Waals surface area contributed by atoms with Gasteiger partial charge in [0, 0.05) is 42.8 Å². The van der Waals surface area contributed by atoms with Gasteiger partial charge in [0.05, 0.1) is 12.1 Å². The number of piperazine rings is 1. The molecule has 6 nitrogen and oxygen atoms in total. The number of hydrogen-bond acceptors (Lipinski definition) is 5. The van der Waals surface area contributed by atoms with Gasteiger partial charge in [-0.05, 0) is 40.4 Å². The highest BCUT2D eigenvalue weighted by atomic mass is 32.1. The zero-order valence-corrected chi connectivity index (χ0v) is 18.9. The molecule has 0 aliphatic carbocycles. The molecule has 4 aromatic rings. The third-order valence-electron chi connectivity index (χ3n) is 5.92. The number of nitrogens with one attached hydrogen (secondary N) is 1. The van der Waals surface area contributed by atoms with E-state index in [1.165, 1.54) is 0 Å². The van der Waals surface area contributed by atoms with E-state index in [1.54, 1.807) is 29.7 Å². The lowest BCUT2D eigenvalue weighted by Crippen LogP contribution is -2.49. The lowest BCUT2D eigenvalue weighted by atomic mass is 10.0. The van der Waals surface area contributed by atoms with Crippen LogP contribution in [0.4, 0.5) is 5.82 Å². The number of thiophene rings is 1. The molecule has 0 atom stereocenters. The van der Waals surface area contributed by atoms with Gasteiger partial charge >= 0.3 is 0 Å². The molecule has 7 heteroatoms. The lowest BCUT2D eigenvalue weighted by Gasteiger charge is -2.36. The summed E-state index contributed by atoms with van der Waals surface area (Å²) < 4.78 is 0. The summed E-state index contributed by atoms with van der Waals surface area (Å²) in [7, 11) is 0. The van der Waals surface area contributed by atoms with E-state index in [4.69, 9.17) is 0 Å². The number of hydrogen-bond donors (Lipinski definition) is 1. The second kappa shape index (κ2) is 9.42. The molecule has 2 aromatic heterocycles. The van der Waals surface area contributed by atoms with Gasteiger partial charge in [-0.2, -0.15) is 0 Å². The molecule has 3 heterocycles. The molecule has 166 valence electrons. The normalized spacial score (nSPS) is 13.8. The molecule has 0 bridgehead atoms. The van der Waals surface area contributed by atoms with Crippen LogP contribution in [0.3, 0.4) is 0 Å². The number of carbonyl (C=O) groups is 2. The van der Waals surface area contributed by atoms with E-state index in [0.29, 0.717) is 44.1 Å². The van der Waals surface area contributed by atoms with Crippen LogP contribution in [-0.4, -0.2) is 47.9 Å². The average molecular weight is 457 g/mol. The number of anilines is 1. The third-order valence-corrected chi connectivity index (χ3v) is 6.80. The van der Waals surface area contributed by atoms with E-state index in [0.717, 1.165) is 21.2 Å². The molecular weight excluding hydrogens is 432 g/mol. The smallest absolute Gasteiger partial charge is 0.255 e. The molecule has 1 N–H and O–H groups in total. The van der Waals surface area contributed by atoms with Gasteiger partial charge in [-0.15, -0.1) is 11.3 Å². The molecule has 1 saturated heterocycles.